The molecule has 0 bridgehead atoms. The molecule has 0 aliphatic rings. The number of carbonyl (C=O) groups excluding carboxylic acids is 3. The molecular weight excluding hydrogens is 548 g/mol. The number of esters is 1. The Balaban J connectivity index is 4.87. The molecule has 0 saturated heterocycles. The fourth-order valence-electron chi connectivity index (χ4n) is 5.86. The lowest BCUT2D eigenvalue weighted by molar-refractivity contribution is -0.162. The van der Waals surface area contributed by atoms with Gasteiger partial charge in [0, 0.05) is 12.8 Å². The van der Waals surface area contributed by atoms with Crippen LogP contribution < -0.4 is 5.73 Å². The number of ether oxygens (including phenoxy) is 1. The summed E-state index contributed by atoms with van der Waals surface area (Å²) in [6, 6.07) is -0.834. The third kappa shape index (κ3) is 24.8. The number of nitrogens with zero attached hydrogens (tertiary/aromatic N) is 1. The molecule has 0 radical (unpaired) electrons. The lowest BCUT2D eigenvalue weighted by atomic mass is 10.0. The van der Waals surface area contributed by atoms with E-state index < -0.39 is 12.0 Å². The second-order valence-electron chi connectivity index (χ2n) is 13.0. The summed E-state index contributed by atoms with van der Waals surface area (Å²) in [6.45, 7) is 7.40. The van der Waals surface area contributed by atoms with Gasteiger partial charge in [-0.2, -0.15) is 0 Å². The van der Waals surface area contributed by atoms with E-state index >= 15 is 0 Å². The number of hydrogen-bond donors (Lipinski definition) is 1. The van der Waals surface area contributed by atoms with E-state index in [9.17, 15) is 14.4 Å². The van der Waals surface area contributed by atoms with Gasteiger partial charge in [0.2, 0.25) is 11.8 Å². The zero-order chi connectivity index (χ0) is 32.5. The van der Waals surface area contributed by atoms with E-state index in [1.807, 2.05) is 6.92 Å². The van der Waals surface area contributed by atoms with Gasteiger partial charge in [-0.05, 0) is 45.1 Å². The van der Waals surface area contributed by atoms with Gasteiger partial charge in [-0.1, -0.05) is 156 Å². The van der Waals surface area contributed by atoms with Crippen molar-refractivity contribution in [2.24, 2.45) is 5.73 Å². The molecule has 44 heavy (non-hydrogen) atoms. The van der Waals surface area contributed by atoms with Gasteiger partial charge < -0.3 is 10.5 Å². The van der Waals surface area contributed by atoms with Crippen molar-refractivity contribution in [2.45, 2.75) is 213 Å². The summed E-state index contributed by atoms with van der Waals surface area (Å²) in [4.78, 5) is 41.5. The number of hydrogen-bond acceptors (Lipinski definition) is 5. The number of nitrogens with two attached hydrogens (primary N) is 1. The van der Waals surface area contributed by atoms with Gasteiger partial charge in [-0.3, -0.25) is 14.5 Å². The minimum Gasteiger partial charge on any atom is -0.464 e. The van der Waals surface area contributed by atoms with Gasteiger partial charge in [0.05, 0.1) is 6.61 Å². The Morgan fingerprint density at radius 1 is 0.500 bits per heavy atom. The molecule has 1 atom stereocenters. The first kappa shape index (κ1) is 42.6. The van der Waals surface area contributed by atoms with Crippen LogP contribution in [0.5, 0.6) is 0 Å². The van der Waals surface area contributed by atoms with Crippen molar-refractivity contribution >= 4 is 17.8 Å². The third-order valence-electron chi connectivity index (χ3n) is 8.78. The molecule has 0 aromatic carbocycles. The van der Waals surface area contributed by atoms with Gasteiger partial charge in [0.1, 0.15) is 6.04 Å². The summed E-state index contributed by atoms with van der Waals surface area (Å²) in [6.07, 6.45) is 30.8. The second kappa shape index (κ2) is 32.9. The van der Waals surface area contributed by atoms with E-state index in [0.717, 1.165) is 57.8 Å². The summed E-state index contributed by atoms with van der Waals surface area (Å²) in [5, 5.41) is 0. The van der Waals surface area contributed by atoms with Crippen LogP contribution in [0.15, 0.2) is 0 Å². The molecule has 6 nitrogen and oxygen atoms in total. The van der Waals surface area contributed by atoms with Crippen LogP contribution >= 0.6 is 0 Å². The second-order valence-corrected chi connectivity index (χ2v) is 13.0. The van der Waals surface area contributed by atoms with Crippen molar-refractivity contribution in [1.82, 2.24) is 4.90 Å². The lowest BCUT2D eigenvalue weighted by Gasteiger charge is -2.29. The van der Waals surface area contributed by atoms with Crippen LogP contribution in [-0.2, 0) is 19.1 Å². The van der Waals surface area contributed by atoms with Crippen molar-refractivity contribution in [1.29, 1.82) is 0 Å². The first-order chi connectivity index (χ1) is 21.5. The molecule has 0 aromatic heterocycles. The first-order valence-corrected chi connectivity index (χ1v) is 19.2. The number of unbranched alkanes of at least 4 members (excludes halogenated alkanes) is 22. The third-order valence-corrected chi connectivity index (χ3v) is 8.78. The Morgan fingerprint density at radius 2 is 0.864 bits per heavy atom. The number of imide groups is 1. The molecule has 0 fully saturated rings. The van der Waals surface area contributed by atoms with Crippen molar-refractivity contribution in [3.63, 3.8) is 0 Å². The van der Waals surface area contributed by atoms with Crippen LogP contribution in [0.2, 0.25) is 0 Å². The standard InChI is InChI=1S/C38H74N2O4/c1-4-7-10-12-14-16-18-20-22-24-26-31-36(41)40(35(30-28-29-33-39)38(43)44-34-9-6-3)37(42)32-27-25-23-21-19-17-15-13-11-8-5-2/h35H,4-34,39H2,1-3H3/t35-/m0/s1. The fraction of sp³-hybridized carbons (Fsp3) is 0.921. The molecule has 6 heteroatoms. The number of amides is 2. The van der Waals surface area contributed by atoms with Gasteiger partial charge in [0.25, 0.3) is 0 Å². The van der Waals surface area contributed by atoms with Crippen LogP contribution in [0.4, 0.5) is 0 Å². The molecule has 0 aliphatic heterocycles. The van der Waals surface area contributed by atoms with E-state index in [-0.39, 0.29) is 11.8 Å². The summed E-state index contributed by atoms with van der Waals surface area (Å²) >= 11 is 0. The molecule has 0 spiro atoms. The molecular formula is C38H74N2O4. The van der Waals surface area contributed by atoms with Crippen LogP contribution in [0.1, 0.15) is 207 Å². The van der Waals surface area contributed by atoms with E-state index in [1.54, 1.807) is 0 Å². The SMILES string of the molecule is CCCCCCCCCCCCCC(=O)N(C(=O)CCCCCCCCCCCCC)[C@@H](CCCCN)C(=O)OCCCC. The monoisotopic (exact) mass is 623 g/mol. The maximum Gasteiger partial charge on any atom is 0.329 e. The highest BCUT2D eigenvalue weighted by molar-refractivity contribution is 5.99. The minimum absolute atomic E-state index is 0.209. The predicted octanol–water partition coefficient (Wildman–Crippen LogP) is 10.6. The Hall–Kier alpha value is -1.43. The molecule has 0 rings (SSSR count). The van der Waals surface area contributed by atoms with Crippen molar-refractivity contribution in [2.75, 3.05) is 13.2 Å². The minimum atomic E-state index is -0.834. The van der Waals surface area contributed by atoms with Gasteiger partial charge in [-0.15, -0.1) is 0 Å². The van der Waals surface area contributed by atoms with Gasteiger partial charge >= 0.3 is 5.97 Å². The van der Waals surface area contributed by atoms with E-state index in [2.05, 4.69) is 13.8 Å². The van der Waals surface area contributed by atoms with Crippen molar-refractivity contribution in [3.8, 4) is 0 Å². The Labute approximate surface area is 273 Å². The average Bonchev–Trinajstić information content (AvgIpc) is 3.02. The van der Waals surface area contributed by atoms with E-state index in [1.165, 1.54) is 108 Å². The highest BCUT2D eigenvalue weighted by atomic mass is 16.5. The van der Waals surface area contributed by atoms with Gasteiger partial charge in [-0.25, -0.2) is 4.79 Å². The van der Waals surface area contributed by atoms with E-state index in [0.29, 0.717) is 38.8 Å². The number of carbonyl (C=O) groups is 3. The maximum atomic E-state index is 13.5. The van der Waals surface area contributed by atoms with E-state index in [4.69, 9.17) is 10.5 Å². The zero-order valence-electron chi connectivity index (χ0n) is 29.7. The maximum absolute atomic E-state index is 13.5. The summed E-state index contributed by atoms with van der Waals surface area (Å²) in [5.74, 6) is -0.853. The zero-order valence-corrected chi connectivity index (χ0v) is 29.7. The largest absolute Gasteiger partial charge is 0.464 e. The predicted molar refractivity (Wildman–Crippen MR) is 187 cm³/mol. The topological polar surface area (TPSA) is 89.7 Å². The summed E-state index contributed by atoms with van der Waals surface area (Å²) < 4.78 is 5.56. The molecule has 0 heterocycles. The quantitative estimate of drug-likeness (QED) is 0.0581. The van der Waals surface area contributed by atoms with Crippen LogP contribution in [-0.4, -0.2) is 41.9 Å². The first-order valence-electron chi connectivity index (χ1n) is 19.2. The van der Waals surface area contributed by atoms with Crippen molar-refractivity contribution < 1.29 is 19.1 Å². The van der Waals surface area contributed by atoms with Crippen LogP contribution in [0.3, 0.4) is 0 Å². The fourth-order valence-corrected chi connectivity index (χ4v) is 5.86. The Morgan fingerprint density at radius 3 is 1.23 bits per heavy atom. The normalized spacial score (nSPS) is 11.9. The Kier molecular flexibility index (Phi) is 31.9. The molecule has 0 unspecified atom stereocenters. The lowest BCUT2D eigenvalue weighted by Crippen LogP contribution is -2.49. The molecule has 2 amide bonds. The molecule has 0 aromatic rings. The van der Waals surface area contributed by atoms with Crippen LogP contribution in [0, 0.1) is 0 Å². The number of rotatable bonds is 33. The smallest absolute Gasteiger partial charge is 0.329 e. The summed E-state index contributed by atoms with van der Waals surface area (Å²) in [5.41, 5.74) is 5.72. The Bertz CT molecular complexity index is 631. The average molecular weight is 623 g/mol. The summed E-state index contributed by atoms with van der Waals surface area (Å²) in [7, 11) is 0. The van der Waals surface area contributed by atoms with Crippen molar-refractivity contribution in [3.05, 3.63) is 0 Å². The molecule has 0 saturated carbocycles. The molecule has 0 aliphatic carbocycles. The highest BCUT2D eigenvalue weighted by Crippen LogP contribution is 2.19. The highest BCUT2D eigenvalue weighted by Gasteiger charge is 2.34. The van der Waals surface area contributed by atoms with Gasteiger partial charge in [0.15, 0.2) is 0 Å². The molecule has 2 N–H and O–H groups in total. The molecule has 260 valence electrons. The van der Waals surface area contributed by atoms with Crippen LogP contribution in [0.25, 0.3) is 0 Å².